The van der Waals surface area contributed by atoms with Crippen molar-refractivity contribution in [1.29, 1.82) is 0 Å². The standard InChI is InChI=1S/C18H17N3/c1-13-7-6-10-15(11-13)16-12-17(19-2)21-18(20-16)14-8-4-3-5-9-14/h3-12H,1-2H3,(H,19,20,21). The topological polar surface area (TPSA) is 37.8 Å². The highest BCUT2D eigenvalue weighted by Gasteiger charge is 2.08. The predicted octanol–water partition coefficient (Wildman–Crippen LogP) is 4.16. The van der Waals surface area contributed by atoms with Crippen LogP contribution in [0.2, 0.25) is 0 Å². The number of nitrogens with one attached hydrogen (secondary N) is 1. The van der Waals surface area contributed by atoms with Crippen LogP contribution in [0.15, 0.2) is 60.7 Å². The molecule has 1 aromatic heterocycles. The lowest BCUT2D eigenvalue weighted by Gasteiger charge is -2.08. The molecule has 0 aliphatic heterocycles. The van der Waals surface area contributed by atoms with E-state index < -0.39 is 0 Å². The van der Waals surface area contributed by atoms with Gasteiger partial charge in [0, 0.05) is 24.2 Å². The molecule has 3 aromatic rings. The van der Waals surface area contributed by atoms with Crippen molar-refractivity contribution in [1.82, 2.24) is 9.97 Å². The van der Waals surface area contributed by atoms with Crippen LogP contribution < -0.4 is 5.32 Å². The maximum absolute atomic E-state index is 4.71. The molecule has 0 unspecified atom stereocenters. The van der Waals surface area contributed by atoms with Gasteiger partial charge in [0.1, 0.15) is 5.82 Å². The summed E-state index contributed by atoms with van der Waals surface area (Å²) in [5.41, 5.74) is 4.27. The first-order chi connectivity index (χ1) is 10.3. The first-order valence-electron chi connectivity index (χ1n) is 6.95. The van der Waals surface area contributed by atoms with Crippen molar-refractivity contribution in [2.45, 2.75) is 6.92 Å². The monoisotopic (exact) mass is 275 g/mol. The van der Waals surface area contributed by atoms with Gasteiger partial charge in [0.05, 0.1) is 5.69 Å². The molecule has 1 N–H and O–H groups in total. The first kappa shape index (κ1) is 13.3. The number of anilines is 1. The van der Waals surface area contributed by atoms with E-state index >= 15 is 0 Å². The van der Waals surface area contributed by atoms with Crippen molar-refractivity contribution in [3.8, 4) is 22.6 Å². The van der Waals surface area contributed by atoms with E-state index in [9.17, 15) is 0 Å². The van der Waals surface area contributed by atoms with Crippen molar-refractivity contribution >= 4 is 5.82 Å². The Labute approximate surface area is 124 Å². The molecular weight excluding hydrogens is 258 g/mol. The van der Waals surface area contributed by atoms with Gasteiger partial charge in [0.15, 0.2) is 5.82 Å². The summed E-state index contributed by atoms with van der Waals surface area (Å²) in [5, 5.41) is 3.11. The van der Waals surface area contributed by atoms with Crippen LogP contribution in [0.3, 0.4) is 0 Å². The maximum Gasteiger partial charge on any atom is 0.162 e. The Balaban J connectivity index is 2.14. The maximum atomic E-state index is 4.71. The summed E-state index contributed by atoms with van der Waals surface area (Å²) in [7, 11) is 1.87. The molecule has 2 aromatic carbocycles. The highest BCUT2D eigenvalue weighted by Crippen LogP contribution is 2.24. The van der Waals surface area contributed by atoms with Crippen molar-refractivity contribution in [3.05, 3.63) is 66.2 Å². The summed E-state index contributed by atoms with van der Waals surface area (Å²) in [6.45, 7) is 2.09. The van der Waals surface area contributed by atoms with Crippen LogP contribution in [-0.2, 0) is 0 Å². The smallest absolute Gasteiger partial charge is 0.162 e. The van der Waals surface area contributed by atoms with Gasteiger partial charge in [0.25, 0.3) is 0 Å². The SMILES string of the molecule is CNc1cc(-c2cccc(C)c2)nc(-c2ccccc2)n1. The lowest BCUT2D eigenvalue weighted by Crippen LogP contribution is -1.98. The van der Waals surface area contributed by atoms with Crippen molar-refractivity contribution in [2.75, 3.05) is 12.4 Å². The molecule has 0 saturated carbocycles. The van der Waals surface area contributed by atoms with Gasteiger partial charge in [-0.3, -0.25) is 0 Å². The Hall–Kier alpha value is -2.68. The lowest BCUT2D eigenvalue weighted by atomic mass is 10.1. The fourth-order valence-corrected chi connectivity index (χ4v) is 2.24. The minimum absolute atomic E-state index is 0.735. The zero-order valence-electron chi connectivity index (χ0n) is 12.2. The second kappa shape index (κ2) is 5.75. The highest BCUT2D eigenvalue weighted by atomic mass is 15.0. The van der Waals surface area contributed by atoms with E-state index in [-0.39, 0.29) is 0 Å². The molecular formula is C18H17N3. The summed E-state index contributed by atoms with van der Waals surface area (Å²) >= 11 is 0. The van der Waals surface area contributed by atoms with Crippen molar-refractivity contribution in [3.63, 3.8) is 0 Å². The molecule has 0 atom stereocenters. The summed E-state index contributed by atoms with van der Waals surface area (Å²) in [6, 6.07) is 20.3. The van der Waals surface area contributed by atoms with Gasteiger partial charge >= 0.3 is 0 Å². The van der Waals surface area contributed by atoms with Crippen molar-refractivity contribution < 1.29 is 0 Å². The van der Waals surface area contributed by atoms with E-state index in [2.05, 4.69) is 35.4 Å². The fourth-order valence-electron chi connectivity index (χ4n) is 2.24. The van der Waals surface area contributed by atoms with E-state index in [1.807, 2.05) is 49.5 Å². The summed E-state index contributed by atoms with van der Waals surface area (Å²) in [4.78, 5) is 9.26. The Morgan fingerprint density at radius 2 is 1.57 bits per heavy atom. The summed E-state index contributed by atoms with van der Waals surface area (Å²) in [6.07, 6.45) is 0. The largest absolute Gasteiger partial charge is 0.373 e. The second-order valence-corrected chi connectivity index (χ2v) is 4.95. The average Bonchev–Trinajstić information content (AvgIpc) is 2.55. The number of aryl methyl sites for hydroxylation is 1. The molecule has 0 spiro atoms. The minimum Gasteiger partial charge on any atom is -0.373 e. The number of rotatable bonds is 3. The van der Waals surface area contributed by atoms with Gasteiger partial charge in [0.2, 0.25) is 0 Å². The highest BCUT2D eigenvalue weighted by molar-refractivity contribution is 5.67. The van der Waals surface area contributed by atoms with Crippen LogP contribution in [0.4, 0.5) is 5.82 Å². The molecule has 1 heterocycles. The second-order valence-electron chi connectivity index (χ2n) is 4.95. The molecule has 0 bridgehead atoms. The van der Waals surface area contributed by atoms with E-state index in [1.165, 1.54) is 5.56 Å². The number of aromatic nitrogens is 2. The molecule has 21 heavy (non-hydrogen) atoms. The number of hydrogen-bond donors (Lipinski definition) is 1. The van der Waals surface area contributed by atoms with Crippen LogP contribution >= 0.6 is 0 Å². The van der Waals surface area contributed by atoms with Gasteiger partial charge in [-0.2, -0.15) is 0 Å². The molecule has 104 valence electrons. The molecule has 0 saturated heterocycles. The van der Waals surface area contributed by atoms with E-state index in [4.69, 9.17) is 4.98 Å². The van der Waals surface area contributed by atoms with Crippen molar-refractivity contribution in [2.24, 2.45) is 0 Å². The fraction of sp³-hybridized carbons (Fsp3) is 0.111. The van der Waals surface area contributed by atoms with Gasteiger partial charge in [-0.1, -0.05) is 54.1 Å². The quantitative estimate of drug-likeness (QED) is 0.780. The third-order valence-corrected chi connectivity index (χ3v) is 3.33. The summed E-state index contributed by atoms with van der Waals surface area (Å²) in [5.74, 6) is 1.55. The van der Waals surface area contributed by atoms with Crippen LogP contribution in [0.1, 0.15) is 5.56 Å². The van der Waals surface area contributed by atoms with Crippen LogP contribution in [0.5, 0.6) is 0 Å². The first-order valence-corrected chi connectivity index (χ1v) is 6.95. The molecule has 3 heteroatoms. The molecule has 0 aliphatic rings. The zero-order valence-corrected chi connectivity index (χ0v) is 12.2. The van der Waals surface area contributed by atoms with E-state index in [0.717, 1.165) is 28.5 Å². The van der Waals surface area contributed by atoms with E-state index in [0.29, 0.717) is 0 Å². The lowest BCUT2D eigenvalue weighted by molar-refractivity contribution is 1.17. The molecule has 3 nitrogen and oxygen atoms in total. The molecule has 0 aliphatic carbocycles. The number of nitrogens with zero attached hydrogens (tertiary/aromatic N) is 2. The van der Waals surface area contributed by atoms with Crippen LogP contribution in [0.25, 0.3) is 22.6 Å². The Kier molecular flexibility index (Phi) is 3.65. The molecule has 3 rings (SSSR count). The predicted molar refractivity (Wildman–Crippen MR) is 87.2 cm³/mol. The zero-order chi connectivity index (χ0) is 14.7. The molecule has 0 radical (unpaired) electrons. The summed E-state index contributed by atoms with van der Waals surface area (Å²) < 4.78 is 0. The molecule has 0 amide bonds. The van der Waals surface area contributed by atoms with E-state index in [1.54, 1.807) is 0 Å². The Morgan fingerprint density at radius 1 is 0.810 bits per heavy atom. The Morgan fingerprint density at radius 3 is 2.29 bits per heavy atom. The van der Waals surface area contributed by atoms with Crippen LogP contribution in [0, 0.1) is 6.92 Å². The number of benzene rings is 2. The average molecular weight is 275 g/mol. The molecule has 0 fully saturated rings. The Bertz CT molecular complexity index is 751. The van der Waals surface area contributed by atoms with Gasteiger partial charge < -0.3 is 5.32 Å². The number of hydrogen-bond acceptors (Lipinski definition) is 3. The van der Waals surface area contributed by atoms with Gasteiger partial charge in [-0.05, 0) is 13.0 Å². The third-order valence-electron chi connectivity index (χ3n) is 3.33. The van der Waals surface area contributed by atoms with Gasteiger partial charge in [-0.25, -0.2) is 9.97 Å². The normalized spacial score (nSPS) is 10.4. The van der Waals surface area contributed by atoms with Gasteiger partial charge in [-0.15, -0.1) is 0 Å². The van der Waals surface area contributed by atoms with Crippen LogP contribution in [-0.4, -0.2) is 17.0 Å². The third kappa shape index (κ3) is 2.92. The minimum atomic E-state index is 0.735.